The maximum Gasteiger partial charge on any atom is 0.418 e. The van der Waals surface area contributed by atoms with Crippen LogP contribution in [0.15, 0.2) is 18.5 Å². The van der Waals surface area contributed by atoms with E-state index in [0.717, 1.165) is 6.20 Å². The number of nitrogens with two attached hydrogens (primary N) is 1. The van der Waals surface area contributed by atoms with Gasteiger partial charge in [-0.1, -0.05) is 12.2 Å². The van der Waals surface area contributed by atoms with Crippen LogP contribution in [0.3, 0.4) is 0 Å². The molecule has 0 radical (unpaired) electrons. The largest absolute Gasteiger partial charge is 0.418 e. The van der Waals surface area contributed by atoms with Gasteiger partial charge in [-0.25, -0.2) is 0 Å². The smallest absolute Gasteiger partial charge is 0.393 e. The third-order valence-corrected chi connectivity index (χ3v) is 3.25. The molecule has 1 aromatic heterocycles. The van der Waals surface area contributed by atoms with Crippen LogP contribution in [0.5, 0.6) is 0 Å². The Labute approximate surface area is 95.7 Å². The second-order valence-corrected chi connectivity index (χ2v) is 4.31. The molecule has 2 nitrogen and oxygen atoms in total. The molecule has 1 aliphatic rings. The molecule has 1 saturated carbocycles. The van der Waals surface area contributed by atoms with Crippen molar-refractivity contribution in [2.75, 3.05) is 0 Å². The van der Waals surface area contributed by atoms with E-state index in [-0.39, 0.29) is 10.6 Å². The zero-order chi connectivity index (χ0) is 12.0. The topological polar surface area (TPSA) is 38.9 Å². The molecule has 0 aliphatic heterocycles. The molecule has 2 rings (SSSR count). The Hall–Kier alpha value is -1.17. The lowest BCUT2D eigenvalue weighted by molar-refractivity contribution is -0.138. The van der Waals surface area contributed by atoms with Gasteiger partial charge in [-0.3, -0.25) is 4.98 Å². The molecular formula is C10H9F3N2S. The summed E-state index contributed by atoms with van der Waals surface area (Å²) in [5.41, 5.74) is 4.18. The zero-order valence-electron chi connectivity index (χ0n) is 8.21. The number of nitrogens with zero attached hydrogens (tertiary/aromatic N) is 1. The summed E-state index contributed by atoms with van der Waals surface area (Å²) in [6, 6.07) is 1.36. The number of alkyl halides is 3. The molecule has 0 aromatic carbocycles. The number of pyridine rings is 1. The average Bonchev–Trinajstić information content (AvgIpc) is 2.97. The first-order valence-electron chi connectivity index (χ1n) is 4.69. The van der Waals surface area contributed by atoms with E-state index in [1.165, 1.54) is 12.3 Å². The quantitative estimate of drug-likeness (QED) is 0.814. The molecule has 86 valence electrons. The van der Waals surface area contributed by atoms with Crippen LogP contribution in [0.4, 0.5) is 13.2 Å². The van der Waals surface area contributed by atoms with Crippen molar-refractivity contribution in [1.29, 1.82) is 0 Å². The van der Waals surface area contributed by atoms with Gasteiger partial charge in [0.15, 0.2) is 0 Å². The Morgan fingerprint density at radius 3 is 2.50 bits per heavy atom. The van der Waals surface area contributed by atoms with E-state index in [2.05, 4.69) is 4.98 Å². The van der Waals surface area contributed by atoms with E-state index < -0.39 is 17.2 Å². The maximum atomic E-state index is 12.7. The number of halogens is 3. The molecule has 1 aromatic rings. The second-order valence-electron chi connectivity index (χ2n) is 3.87. The maximum absolute atomic E-state index is 12.7. The van der Waals surface area contributed by atoms with E-state index in [4.69, 9.17) is 18.0 Å². The third-order valence-electron chi connectivity index (χ3n) is 2.86. The number of aromatic nitrogens is 1. The molecule has 6 heteroatoms. The molecule has 1 aliphatic carbocycles. The summed E-state index contributed by atoms with van der Waals surface area (Å²) in [7, 11) is 0. The van der Waals surface area contributed by atoms with Crippen LogP contribution in [0.2, 0.25) is 0 Å². The van der Waals surface area contributed by atoms with Gasteiger partial charge in [0.25, 0.3) is 0 Å². The molecule has 1 fully saturated rings. The van der Waals surface area contributed by atoms with Crippen molar-refractivity contribution in [3.8, 4) is 0 Å². The van der Waals surface area contributed by atoms with Crippen LogP contribution >= 0.6 is 12.2 Å². The van der Waals surface area contributed by atoms with Gasteiger partial charge in [-0.15, -0.1) is 0 Å². The van der Waals surface area contributed by atoms with Gasteiger partial charge in [-0.2, -0.15) is 13.2 Å². The molecule has 0 unspecified atom stereocenters. The lowest BCUT2D eigenvalue weighted by Gasteiger charge is -2.19. The molecule has 0 amide bonds. The van der Waals surface area contributed by atoms with Gasteiger partial charge in [0.2, 0.25) is 0 Å². The first-order valence-corrected chi connectivity index (χ1v) is 5.10. The van der Waals surface area contributed by atoms with Crippen molar-refractivity contribution in [1.82, 2.24) is 4.98 Å². The zero-order valence-corrected chi connectivity index (χ0v) is 9.03. The van der Waals surface area contributed by atoms with E-state index in [1.54, 1.807) is 0 Å². The Kier molecular flexibility index (Phi) is 2.41. The summed E-state index contributed by atoms with van der Waals surface area (Å²) in [6.45, 7) is 0. The van der Waals surface area contributed by atoms with Crippen molar-refractivity contribution in [3.05, 3.63) is 29.6 Å². The SMILES string of the molecule is NC(=S)C1(c2ccncc2C(F)(F)F)CC1. The number of thiocarbonyl (C=S) groups is 1. The highest BCUT2D eigenvalue weighted by molar-refractivity contribution is 7.80. The van der Waals surface area contributed by atoms with Crippen molar-refractivity contribution in [2.45, 2.75) is 24.4 Å². The van der Waals surface area contributed by atoms with Gasteiger partial charge in [0.05, 0.1) is 10.6 Å². The Morgan fingerprint density at radius 2 is 2.06 bits per heavy atom. The average molecular weight is 246 g/mol. The third kappa shape index (κ3) is 1.67. The van der Waals surface area contributed by atoms with Gasteiger partial charge in [0.1, 0.15) is 0 Å². The van der Waals surface area contributed by atoms with Crippen LogP contribution in [0.1, 0.15) is 24.0 Å². The molecule has 1 heterocycles. The molecule has 0 saturated heterocycles. The highest BCUT2D eigenvalue weighted by Crippen LogP contribution is 2.51. The standard InChI is InChI=1S/C10H9F3N2S/c11-10(12,13)7-5-15-4-1-6(7)9(2-3-9)8(14)16/h1,4-5H,2-3H2,(H2,14,16). The van der Waals surface area contributed by atoms with Crippen LogP contribution in [0.25, 0.3) is 0 Å². The fourth-order valence-electron chi connectivity index (χ4n) is 1.81. The van der Waals surface area contributed by atoms with Crippen LogP contribution < -0.4 is 5.73 Å². The van der Waals surface area contributed by atoms with Crippen LogP contribution in [-0.4, -0.2) is 9.97 Å². The molecular weight excluding hydrogens is 237 g/mol. The lowest BCUT2D eigenvalue weighted by Crippen LogP contribution is -2.29. The summed E-state index contributed by atoms with van der Waals surface area (Å²) in [4.78, 5) is 3.64. The second kappa shape index (κ2) is 3.41. The van der Waals surface area contributed by atoms with E-state index in [1.807, 2.05) is 0 Å². The fraction of sp³-hybridized carbons (Fsp3) is 0.400. The first-order chi connectivity index (χ1) is 7.38. The Bertz CT molecular complexity index is 438. The van der Waals surface area contributed by atoms with Gasteiger partial charge < -0.3 is 5.73 Å². The molecule has 2 N–H and O–H groups in total. The minimum atomic E-state index is -4.41. The highest BCUT2D eigenvalue weighted by atomic mass is 32.1. The predicted octanol–water partition coefficient (Wildman–Crippen LogP) is 2.42. The fourth-order valence-corrected chi connectivity index (χ4v) is 2.13. The lowest BCUT2D eigenvalue weighted by atomic mass is 9.92. The van der Waals surface area contributed by atoms with E-state index >= 15 is 0 Å². The number of hydrogen-bond donors (Lipinski definition) is 1. The summed E-state index contributed by atoms with van der Waals surface area (Å²) >= 11 is 4.85. The van der Waals surface area contributed by atoms with E-state index in [9.17, 15) is 13.2 Å². The molecule has 0 spiro atoms. The van der Waals surface area contributed by atoms with Gasteiger partial charge >= 0.3 is 6.18 Å². The monoisotopic (exact) mass is 246 g/mol. The van der Waals surface area contributed by atoms with Crippen LogP contribution in [-0.2, 0) is 11.6 Å². The van der Waals surface area contributed by atoms with Crippen LogP contribution in [0, 0.1) is 0 Å². The van der Waals surface area contributed by atoms with Crippen molar-refractivity contribution in [3.63, 3.8) is 0 Å². The predicted molar refractivity (Wildman–Crippen MR) is 56.9 cm³/mol. The van der Waals surface area contributed by atoms with E-state index in [0.29, 0.717) is 12.8 Å². The summed E-state index contributed by atoms with van der Waals surface area (Å²) < 4.78 is 38.2. The summed E-state index contributed by atoms with van der Waals surface area (Å²) in [5, 5.41) is 0. The minimum absolute atomic E-state index is 0.129. The minimum Gasteiger partial charge on any atom is -0.393 e. The van der Waals surface area contributed by atoms with Gasteiger partial charge in [-0.05, 0) is 24.5 Å². The Morgan fingerprint density at radius 1 is 1.44 bits per heavy atom. The molecule has 16 heavy (non-hydrogen) atoms. The van der Waals surface area contributed by atoms with Crippen molar-refractivity contribution < 1.29 is 13.2 Å². The molecule has 0 atom stereocenters. The number of rotatable bonds is 2. The summed E-state index contributed by atoms with van der Waals surface area (Å²) in [6.07, 6.45) is -1.09. The first kappa shape index (κ1) is 11.3. The van der Waals surface area contributed by atoms with Crippen molar-refractivity contribution in [2.24, 2.45) is 5.73 Å². The normalized spacial score (nSPS) is 18.2. The Balaban J connectivity index is 2.54. The highest BCUT2D eigenvalue weighted by Gasteiger charge is 2.51. The summed E-state index contributed by atoms with van der Waals surface area (Å²) in [5.74, 6) is 0. The van der Waals surface area contributed by atoms with Crippen molar-refractivity contribution >= 4 is 17.2 Å². The molecule has 0 bridgehead atoms. The number of hydrogen-bond acceptors (Lipinski definition) is 2. The van der Waals surface area contributed by atoms with Gasteiger partial charge in [0, 0.05) is 17.8 Å².